The van der Waals surface area contributed by atoms with E-state index in [0.717, 1.165) is 43.5 Å². The molecule has 7 heteroatoms. The van der Waals surface area contributed by atoms with Gasteiger partial charge in [0.2, 0.25) is 4.77 Å². The minimum Gasteiger partial charge on any atom is -0.353 e. The Hall–Kier alpha value is -2.02. The Labute approximate surface area is 122 Å². The predicted octanol–water partition coefficient (Wildman–Crippen LogP) is 1.56. The van der Waals surface area contributed by atoms with Crippen LogP contribution in [-0.2, 0) is 0 Å². The van der Waals surface area contributed by atoms with E-state index in [2.05, 4.69) is 30.0 Å². The Balaban J connectivity index is 1.73. The number of anilines is 2. The van der Waals surface area contributed by atoms with Crippen molar-refractivity contribution in [3.05, 3.63) is 34.9 Å². The van der Waals surface area contributed by atoms with Crippen LogP contribution in [0.25, 0.3) is 0 Å². The highest BCUT2D eigenvalue weighted by Gasteiger charge is 2.20. The van der Waals surface area contributed by atoms with Crippen LogP contribution in [-0.4, -0.2) is 46.3 Å². The van der Waals surface area contributed by atoms with Crippen LogP contribution < -0.4 is 9.80 Å². The van der Waals surface area contributed by atoms with E-state index >= 15 is 0 Å². The molecule has 0 amide bonds. The third kappa shape index (κ3) is 2.62. The molecule has 1 fully saturated rings. The zero-order valence-corrected chi connectivity index (χ0v) is 12.1. The number of pyridine rings is 1. The maximum absolute atomic E-state index is 5.05. The second-order valence-corrected chi connectivity index (χ2v) is 5.10. The smallest absolute Gasteiger partial charge is 0.215 e. The van der Waals surface area contributed by atoms with Crippen LogP contribution in [0.3, 0.4) is 0 Å². The maximum atomic E-state index is 5.05. The van der Waals surface area contributed by atoms with Crippen molar-refractivity contribution in [2.75, 3.05) is 36.0 Å². The Morgan fingerprint density at radius 2 is 1.90 bits per heavy atom. The molecule has 0 saturated carbocycles. The van der Waals surface area contributed by atoms with Crippen LogP contribution in [0.1, 0.15) is 5.69 Å². The highest BCUT2D eigenvalue weighted by Crippen LogP contribution is 2.18. The van der Waals surface area contributed by atoms with Gasteiger partial charge in [0.1, 0.15) is 11.5 Å². The Morgan fingerprint density at radius 1 is 1.15 bits per heavy atom. The molecule has 2 aromatic rings. The summed E-state index contributed by atoms with van der Waals surface area (Å²) in [7, 11) is 0. The van der Waals surface area contributed by atoms with Crippen molar-refractivity contribution < 1.29 is 0 Å². The van der Waals surface area contributed by atoms with Gasteiger partial charge in [0, 0.05) is 32.4 Å². The molecule has 1 saturated heterocycles. The van der Waals surface area contributed by atoms with Gasteiger partial charge in [-0.2, -0.15) is 10.1 Å². The largest absolute Gasteiger partial charge is 0.353 e. The Kier molecular flexibility index (Phi) is 3.60. The topological polar surface area (TPSA) is 60.9 Å². The van der Waals surface area contributed by atoms with Gasteiger partial charge in [0.25, 0.3) is 0 Å². The summed E-state index contributed by atoms with van der Waals surface area (Å²) < 4.78 is 0.428. The molecule has 0 aromatic carbocycles. The quantitative estimate of drug-likeness (QED) is 0.846. The van der Waals surface area contributed by atoms with Gasteiger partial charge in [0.15, 0.2) is 5.82 Å². The van der Waals surface area contributed by atoms with E-state index in [1.807, 2.05) is 31.3 Å². The van der Waals surface area contributed by atoms with Gasteiger partial charge >= 0.3 is 0 Å². The molecule has 20 heavy (non-hydrogen) atoms. The fraction of sp³-hybridized carbons (Fsp3) is 0.385. The third-order valence-corrected chi connectivity index (χ3v) is 3.59. The number of piperazine rings is 1. The van der Waals surface area contributed by atoms with Gasteiger partial charge in [-0.05, 0) is 31.3 Å². The highest BCUT2D eigenvalue weighted by molar-refractivity contribution is 7.71. The summed E-state index contributed by atoms with van der Waals surface area (Å²) in [5.74, 6) is 1.91. The van der Waals surface area contributed by atoms with E-state index in [1.165, 1.54) is 0 Å². The molecule has 0 spiro atoms. The van der Waals surface area contributed by atoms with E-state index in [1.54, 1.807) is 0 Å². The van der Waals surface area contributed by atoms with Gasteiger partial charge in [-0.15, -0.1) is 0 Å². The molecular weight excluding hydrogens is 272 g/mol. The first kappa shape index (κ1) is 13.0. The van der Waals surface area contributed by atoms with Crippen molar-refractivity contribution in [1.82, 2.24) is 20.2 Å². The van der Waals surface area contributed by atoms with Crippen molar-refractivity contribution in [2.24, 2.45) is 0 Å². The normalized spacial score (nSPS) is 15.4. The molecule has 0 bridgehead atoms. The second kappa shape index (κ2) is 5.54. The summed E-state index contributed by atoms with van der Waals surface area (Å²) in [4.78, 5) is 13.3. The van der Waals surface area contributed by atoms with E-state index in [0.29, 0.717) is 4.77 Å². The summed E-state index contributed by atoms with van der Waals surface area (Å²) in [6.45, 7) is 5.57. The number of H-pyrrole nitrogens is 1. The third-order valence-electron chi connectivity index (χ3n) is 3.40. The molecule has 2 aromatic heterocycles. The molecule has 1 N–H and O–H groups in total. The monoisotopic (exact) mass is 288 g/mol. The highest BCUT2D eigenvalue weighted by atomic mass is 32.1. The van der Waals surface area contributed by atoms with Gasteiger partial charge in [0.05, 0.1) is 0 Å². The number of rotatable bonds is 2. The Bertz CT molecular complexity index is 633. The first-order valence-corrected chi connectivity index (χ1v) is 6.99. The van der Waals surface area contributed by atoms with Crippen LogP contribution in [0.15, 0.2) is 24.4 Å². The molecule has 1 aliphatic heterocycles. The summed E-state index contributed by atoms with van der Waals surface area (Å²) in [6, 6.07) is 5.99. The lowest BCUT2D eigenvalue weighted by atomic mass is 10.3. The van der Waals surface area contributed by atoms with E-state index in [4.69, 9.17) is 12.2 Å². The minimum atomic E-state index is 0.428. The molecule has 3 heterocycles. The lowest BCUT2D eigenvalue weighted by molar-refractivity contribution is 0.635. The minimum absolute atomic E-state index is 0.428. The zero-order valence-electron chi connectivity index (χ0n) is 11.3. The maximum Gasteiger partial charge on any atom is 0.215 e. The predicted molar refractivity (Wildman–Crippen MR) is 80.6 cm³/mol. The molecule has 104 valence electrons. The summed E-state index contributed by atoms with van der Waals surface area (Å²) >= 11 is 5.05. The average molecular weight is 288 g/mol. The van der Waals surface area contributed by atoms with Crippen molar-refractivity contribution in [3.8, 4) is 0 Å². The van der Waals surface area contributed by atoms with Gasteiger partial charge in [-0.25, -0.2) is 4.98 Å². The van der Waals surface area contributed by atoms with Crippen LogP contribution in [0.4, 0.5) is 11.6 Å². The summed E-state index contributed by atoms with van der Waals surface area (Å²) in [5, 5.41) is 6.89. The van der Waals surface area contributed by atoms with E-state index < -0.39 is 0 Å². The van der Waals surface area contributed by atoms with Crippen molar-refractivity contribution in [1.29, 1.82) is 0 Å². The molecule has 3 rings (SSSR count). The van der Waals surface area contributed by atoms with Crippen molar-refractivity contribution >= 4 is 23.9 Å². The van der Waals surface area contributed by atoms with Gasteiger partial charge in [-0.1, -0.05) is 6.07 Å². The molecule has 0 unspecified atom stereocenters. The lowest BCUT2D eigenvalue weighted by Gasteiger charge is -2.36. The first-order chi connectivity index (χ1) is 9.74. The van der Waals surface area contributed by atoms with Crippen molar-refractivity contribution in [3.63, 3.8) is 0 Å². The summed E-state index contributed by atoms with van der Waals surface area (Å²) in [5.41, 5.74) is 0.880. The lowest BCUT2D eigenvalue weighted by Crippen LogP contribution is -2.47. The van der Waals surface area contributed by atoms with Gasteiger partial charge in [-0.3, -0.25) is 5.10 Å². The molecular formula is C13H16N6S. The van der Waals surface area contributed by atoms with Crippen LogP contribution >= 0.6 is 12.2 Å². The number of aryl methyl sites for hydroxylation is 1. The SMILES string of the molecule is Cc1n[nH]c(=S)nc1N1CCN(c2ccccn2)CC1. The number of nitrogens with zero attached hydrogens (tertiary/aromatic N) is 5. The van der Waals surface area contributed by atoms with Crippen LogP contribution in [0.2, 0.25) is 0 Å². The van der Waals surface area contributed by atoms with Crippen LogP contribution in [0.5, 0.6) is 0 Å². The molecule has 6 nitrogen and oxygen atoms in total. The number of aromatic amines is 1. The number of aromatic nitrogens is 4. The van der Waals surface area contributed by atoms with Crippen molar-refractivity contribution in [2.45, 2.75) is 6.92 Å². The number of hydrogen-bond donors (Lipinski definition) is 1. The van der Waals surface area contributed by atoms with E-state index in [9.17, 15) is 0 Å². The fourth-order valence-electron chi connectivity index (χ4n) is 2.37. The first-order valence-electron chi connectivity index (χ1n) is 6.58. The zero-order chi connectivity index (χ0) is 13.9. The number of hydrogen-bond acceptors (Lipinski definition) is 6. The van der Waals surface area contributed by atoms with Crippen LogP contribution in [0, 0.1) is 11.7 Å². The van der Waals surface area contributed by atoms with E-state index in [-0.39, 0.29) is 0 Å². The number of nitrogens with one attached hydrogen (secondary N) is 1. The Morgan fingerprint density at radius 3 is 2.60 bits per heavy atom. The molecule has 0 radical (unpaired) electrons. The summed E-state index contributed by atoms with van der Waals surface area (Å²) in [6.07, 6.45) is 1.83. The second-order valence-electron chi connectivity index (χ2n) is 4.71. The molecule has 0 atom stereocenters. The molecule has 0 aliphatic carbocycles. The molecule has 1 aliphatic rings. The fourth-order valence-corrected chi connectivity index (χ4v) is 2.50. The van der Waals surface area contributed by atoms with Gasteiger partial charge < -0.3 is 9.80 Å². The standard InChI is InChI=1S/C13H16N6S/c1-10-12(15-13(20)17-16-10)19-8-6-18(7-9-19)11-4-2-3-5-14-11/h2-5H,6-9H2,1H3,(H,15,17,20). The average Bonchev–Trinajstić information content (AvgIpc) is 2.51.